The average molecular weight is 540 g/mol. The van der Waals surface area contributed by atoms with Gasteiger partial charge in [0.2, 0.25) is 0 Å². The van der Waals surface area contributed by atoms with Gasteiger partial charge in [0.1, 0.15) is 0 Å². The predicted octanol–water partition coefficient (Wildman–Crippen LogP) is 6.69. The molecule has 5 nitrogen and oxygen atoms in total. The summed E-state index contributed by atoms with van der Waals surface area (Å²) in [4.78, 5) is 13.6. The first-order chi connectivity index (χ1) is 19.1. The van der Waals surface area contributed by atoms with Gasteiger partial charge in [-0.25, -0.2) is 0 Å². The summed E-state index contributed by atoms with van der Waals surface area (Å²) in [5.74, 6) is 0.839. The Morgan fingerprint density at radius 1 is 0.795 bits per heavy atom. The van der Waals surface area contributed by atoms with E-state index in [1.165, 1.54) is 4.90 Å². The second-order valence-electron chi connectivity index (χ2n) is 9.74. The summed E-state index contributed by atoms with van der Waals surface area (Å²) < 4.78 is 13.1. The highest BCUT2D eigenvalue weighted by Crippen LogP contribution is 2.43. The van der Waals surface area contributed by atoms with E-state index in [2.05, 4.69) is 36.5 Å². The highest BCUT2D eigenvalue weighted by molar-refractivity contribution is 7.99. The zero-order valence-electron chi connectivity index (χ0n) is 21.9. The first-order valence-corrected chi connectivity index (χ1v) is 14.2. The molecule has 0 aliphatic carbocycles. The van der Waals surface area contributed by atoms with Crippen molar-refractivity contribution < 1.29 is 19.4 Å². The molecule has 4 atom stereocenters. The normalized spacial score (nSPS) is 20.9. The Labute approximate surface area is 234 Å². The Kier molecular flexibility index (Phi) is 9.12. The molecule has 0 aromatic heterocycles. The maximum atomic E-state index is 12.4. The van der Waals surface area contributed by atoms with Crippen LogP contribution in [0.25, 0.3) is 0 Å². The van der Waals surface area contributed by atoms with Gasteiger partial charge >= 0.3 is 0 Å². The van der Waals surface area contributed by atoms with Gasteiger partial charge in [-0.05, 0) is 41.0 Å². The molecule has 1 amide bonds. The number of ether oxygens (including phenoxy) is 2. The smallest absolute Gasteiger partial charge is 0.251 e. The second kappa shape index (κ2) is 13.1. The van der Waals surface area contributed by atoms with Gasteiger partial charge in [0, 0.05) is 34.2 Å². The molecule has 1 aliphatic rings. The molecular weight excluding hydrogens is 506 g/mol. The summed E-state index contributed by atoms with van der Waals surface area (Å²) in [5, 5.41) is 12.4. The van der Waals surface area contributed by atoms with Gasteiger partial charge in [-0.3, -0.25) is 4.79 Å². The number of nitrogens with one attached hydrogen (secondary N) is 1. The van der Waals surface area contributed by atoms with E-state index in [-0.39, 0.29) is 30.6 Å². The number of carbonyl (C=O) groups is 1. The summed E-state index contributed by atoms with van der Waals surface area (Å²) in [6.45, 7) is 2.63. The van der Waals surface area contributed by atoms with Gasteiger partial charge in [0.15, 0.2) is 6.29 Å². The maximum absolute atomic E-state index is 12.4. The molecule has 6 heteroatoms. The standard InChI is InChI=1S/C33H33NO4S/c1-23-30(22-39-29-10-6-3-7-11-29)37-33(38-31(23)26-16-14-25(21-35)15-17-26)28-18-12-24(13-19-28)20-34-32(36)27-8-4-2-5-9-27/h2-19,23,30-31,33,35H,20-22H2,1H3,(H,34,36)/t23-,30+,31+,33+/m0/s1. The Bertz CT molecular complexity index is 1330. The van der Waals surface area contributed by atoms with Crippen LogP contribution in [0.4, 0.5) is 0 Å². The van der Waals surface area contributed by atoms with E-state index in [9.17, 15) is 9.90 Å². The van der Waals surface area contributed by atoms with Gasteiger partial charge < -0.3 is 19.9 Å². The van der Waals surface area contributed by atoms with Gasteiger partial charge in [0.05, 0.1) is 18.8 Å². The maximum Gasteiger partial charge on any atom is 0.251 e. The van der Waals surface area contributed by atoms with E-state index in [1.807, 2.05) is 72.8 Å². The van der Waals surface area contributed by atoms with Crippen molar-refractivity contribution in [2.75, 3.05) is 5.75 Å². The number of rotatable bonds is 9. The molecule has 1 aliphatic heterocycles. The van der Waals surface area contributed by atoms with Crippen LogP contribution in [0.15, 0.2) is 114 Å². The van der Waals surface area contributed by atoms with Gasteiger partial charge in [-0.1, -0.05) is 91.9 Å². The van der Waals surface area contributed by atoms with Crippen molar-refractivity contribution in [3.63, 3.8) is 0 Å². The predicted molar refractivity (Wildman–Crippen MR) is 154 cm³/mol. The van der Waals surface area contributed by atoms with Crippen LogP contribution in [0.3, 0.4) is 0 Å². The summed E-state index contributed by atoms with van der Waals surface area (Å²) in [5.41, 5.74) is 4.53. The van der Waals surface area contributed by atoms with Crippen molar-refractivity contribution in [1.29, 1.82) is 0 Å². The molecule has 4 aromatic rings. The largest absolute Gasteiger partial charge is 0.392 e. The van der Waals surface area contributed by atoms with E-state index in [0.29, 0.717) is 12.1 Å². The van der Waals surface area contributed by atoms with E-state index in [1.54, 1.807) is 23.9 Å². The van der Waals surface area contributed by atoms with Crippen molar-refractivity contribution in [3.05, 3.63) is 137 Å². The van der Waals surface area contributed by atoms with Crippen LogP contribution in [0.5, 0.6) is 0 Å². The minimum absolute atomic E-state index is 0.0155. The molecule has 200 valence electrons. The number of carbonyl (C=O) groups excluding carboxylic acids is 1. The quantitative estimate of drug-likeness (QED) is 0.232. The molecule has 1 heterocycles. The third kappa shape index (κ3) is 6.97. The molecule has 1 fully saturated rings. The van der Waals surface area contributed by atoms with Crippen LogP contribution < -0.4 is 5.32 Å². The molecule has 39 heavy (non-hydrogen) atoms. The van der Waals surface area contributed by atoms with Crippen molar-refractivity contribution in [3.8, 4) is 0 Å². The van der Waals surface area contributed by atoms with Crippen molar-refractivity contribution in [2.45, 2.75) is 43.5 Å². The summed E-state index contributed by atoms with van der Waals surface area (Å²) >= 11 is 1.79. The lowest BCUT2D eigenvalue weighted by Gasteiger charge is -2.41. The Hall–Kier alpha value is -3.42. The first-order valence-electron chi connectivity index (χ1n) is 13.2. The summed E-state index contributed by atoms with van der Waals surface area (Å²) in [7, 11) is 0. The molecule has 2 N–H and O–H groups in total. The molecule has 0 unspecified atom stereocenters. The Morgan fingerprint density at radius 3 is 2.08 bits per heavy atom. The third-order valence-electron chi connectivity index (χ3n) is 7.02. The summed E-state index contributed by atoms with van der Waals surface area (Å²) in [6, 6.07) is 35.6. The summed E-state index contributed by atoms with van der Waals surface area (Å²) in [6.07, 6.45) is -0.693. The van der Waals surface area contributed by atoms with Crippen LogP contribution >= 0.6 is 11.8 Å². The second-order valence-corrected chi connectivity index (χ2v) is 10.8. The van der Waals surface area contributed by atoms with Crippen LogP contribution in [0, 0.1) is 5.92 Å². The molecule has 0 radical (unpaired) electrons. The van der Waals surface area contributed by atoms with Gasteiger partial charge in [0.25, 0.3) is 5.91 Å². The lowest BCUT2D eigenvalue weighted by Crippen LogP contribution is -2.38. The number of hydrogen-bond acceptors (Lipinski definition) is 5. The molecule has 1 saturated heterocycles. The number of aliphatic hydroxyl groups excluding tert-OH is 1. The topological polar surface area (TPSA) is 67.8 Å². The molecular formula is C33H33NO4S. The van der Waals surface area contributed by atoms with Crippen molar-refractivity contribution in [2.24, 2.45) is 5.92 Å². The van der Waals surface area contributed by atoms with E-state index < -0.39 is 6.29 Å². The number of thioether (sulfide) groups is 1. The van der Waals surface area contributed by atoms with E-state index in [0.717, 1.165) is 28.0 Å². The molecule has 0 saturated carbocycles. The highest BCUT2D eigenvalue weighted by Gasteiger charge is 2.38. The molecule has 0 bridgehead atoms. The molecule has 5 rings (SSSR count). The first kappa shape index (κ1) is 27.2. The van der Waals surface area contributed by atoms with Gasteiger partial charge in [-0.2, -0.15) is 0 Å². The molecule has 0 spiro atoms. The number of amides is 1. The third-order valence-corrected chi connectivity index (χ3v) is 8.12. The monoisotopic (exact) mass is 539 g/mol. The highest BCUT2D eigenvalue weighted by atomic mass is 32.2. The van der Waals surface area contributed by atoms with Crippen LogP contribution in [0.2, 0.25) is 0 Å². The van der Waals surface area contributed by atoms with Crippen LogP contribution in [-0.4, -0.2) is 22.9 Å². The number of aliphatic hydroxyl groups is 1. The van der Waals surface area contributed by atoms with E-state index in [4.69, 9.17) is 9.47 Å². The lowest BCUT2D eigenvalue weighted by atomic mass is 9.91. The number of hydrogen-bond donors (Lipinski definition) is 2. The fourth-order valence-corrected chi connectivity index (χ4v) is 5.76. The minimum Gasteiger partial charge on any atom is -0.392 e. The zero-order chi connectivity index (χ0) is 27.0. The lowest BCUT2D eigenvalue weighted by molar-refractivity contribution is -0.268. The van der Waals surface area contributed by atoms with Gasteiger partial charge in [-0.15, -0.1) is 11.8 Å². The minimum atomic E-state index is -0.516. The zero-order valence-corrected chi connectivity index (χ0v) is 22.7. The fraction of sp³-hybridized carbons (Fsp3) is 0.242. The number of benzene rings is 4. The van der Waals surface area contributed by atoms with Crippen LogP contribution in [-0.2, 0) is 22.6 Å². The molecule has 4 aromatic carbocycles. The van der Waals surface area contributed by atoms with Crippen molar-refractivity contribution in [1.82, 2.24) is 5.32 Å². The Balaban J connectivity index is 1.30. The van der Waals surface area contributed by atoms with Crippen LogP contribution in [0.1, 0.15) is 51.9 Å². The Morgan fingerprint density at radius 2 is 1.41 bits per heavy atom. The SMILES string of the molecule is C[C@H]1[C@@H](CSc2ccccc2)O[C@@H](c2ccc(CNC(=O)c3ccccc3)cc2)O[C@H]1c1ccc(CO)cc1. The fourth-order valence-electron chi connectivity index (χ4n) is 4.67. The average Bonchev–Trinajstić information content (AvgIpc) is 3.00. The van der Waals surface area contributed by atoms with E-state index >= 15 is 0 Å². The van der Waals surface area contributed by atoms with Crippen molar-refractivity contribution >= 4 is 17.7 Å².